The van der Waals surface area contributed by atoms with E-state index >= 15 is 0 Å². The molecule has 0 aliphatic heterocycles. The van der Waals surface area contributed by atoms with Gasteiger partial charge in [-0.15, -0.1) is 0 Å². The smallest absolute Gasteiger partial charge is 0.335 e. The monoisotopic (exact) mass is 1410 g/mol. The number of nitrogens with zero attached hydrogens (tertiary/aromatic N) is 4. The van der Waals surface area contributed by atoms with Gasteiger partial charge in [-0.3, -0.25) is 0 Å². The molecule has 0 heterocycles. The number of azo groups is 2. The molecule has 104 heavy (non-hydrogen) atoms. The van der Waals surface area contributed by atoms with Gasteiger partial charge in [0.2, 0.25) is 0 Å². The zero-order chi connectivity index (χ0) is 74.6. The van der Waals surface area contributed by atoms with Crippen LogP contribution >= 0.6 is 0 Å². The molecular weight excluding hydrogens is 1300 g/mol. The van der Waals surface area contributed by atoms with Crippen LogP contribution in [0.1, 0.15) is 273 Å². The van der Waals surface area contributed by atoms with Crippen LogP contribution in [0.15, 0.2) is 166 Å². The maximum Gasteiger partial charge on any atom is 0.335 e. The third kappa shape index (κ3) is 23.4. The molecule has 8 aromatic rings. The van der Waals surface area contributed by atoms with Gasteiger partial charge in [0.05, 0.1) is 60.3 Å². The molecule has 0 saturated heterocycles. The van der Waals surface area contributed by atoms with Crippen molar-refractivity contribution in [1.82, 2.24) is 0 Å². The number of carboxylic acids is 2. The Morgan fingerprint density at radius 1 is 0.298 bits per heavy atom. The van der Waals surface area contributed by atoms with Gasteiger partial charge in [0.15, 0.2) is 0 Å². The molecule has 0 unspecified atom stereocenters. The maximum atomic E-state index is 12.9. The molecule has 8 aromatic carbocycles. The lowest BCUT2D eigenvalue weighted by molar-refractivity contribution is 0.0686. The van der Waals surface area contributed by atoms with Crippen molar-refractivity contribution in [3.05, 3.63) is 223 Å². The molecule has 8 bridgehead atoms. The second-order valence-electron chi connectivity index (χ2n) is 32.4. The van der Waals surface area contributed by atoms with Crippen molar-refractivity contribution in [3.8, 4) is 34.5 Å². The van der Waals surface area contributed by atoms with Crippen molar-refractivity contribution >= 4 is 34.7 Å². The number of rotatable bonds is 32. The van der Waals surface area contributed by atoms with E-state index in [-0.39, 0.29) is 32.8 Å². The Morgan fingerprint density at radius 2 is 0.500 bits per heavy atom. The second-order valence-corrected chi connectivity index (χ2v) is 32.4. The lowest BCUT2D eigenvalue weighted by Crippen LogP contribution is -2.17. The highest BCUT2D eigenvalue weighted by Crippen LogP contribution is 2.45. The number of unbranched alkanes of at least 4 members (excludes halogenated alkanes) is 14. The number of aromatic carboxylic acids is 2. The molecule has 0 radical (unpaired) electrons. The Hall–Kier alpha value is -9.30. The molecule has 0 atom stereocenters. The molecule has 9 rings (SSSR count). The lowest BCUT2D eigenvalue weighted by atomic mass is 9.79. The van der Waals surface area contributed by atoms with Gasteiger partial charge in [0.1, 0.15) is 34.5 Å². The van der Waals surface area contributed by atoms with Gasteiger partial charge in [-0.1, -0.05) is 209 Å². The van der Waals surface area contributed by atoms with Gasteiger partial charge in [0.25, 0.3) is 0 Å². The summed E-state index contributed by atoms with van der Waals surface area (Å²) in [7, 11) is 0. The first-order valence-corrected chi connectivity index (χ1v) is 37.8. The Kier molecular flexibility index (Phi) is 27.6. The van der Waals surface area contributed by atoms with Crippen LogP contribution in [0.4, 0.5) is 22.7 Å². The number of carboxylic acid groups (broad SMARTS) is 2. The standard InChI is InChI=1S/C90H112N4O10/c1-87(2,3)71-53-63-49-67-57-73(89(7,8)9)59-69(83(67)103-47-27-23-19-15-13-17-21-25-45-101-79-41-37-77(38-42-79)93-91-75-33-29-61(30-34-75)85(97)98)51-65-55-72(88(4,5)6)56-66(82(65)96)52-70-60-74(90(10,11)12)58-68(50-64(54-71)81(63)95)84(70)104-48-28-24-20-16-14-18-22-26-46-102-80-43-39-78(40-44-80)94-92-76-35-31-62(32-36-76)86(99)100/h29-44,53-60,95-96H,13-28,45-52H2,1-12H3,(H,97,98)(H,99,100). The van der Waals surface area contributed by atoms with Crippen LogP contribution in [-0.4, -0.2) is 58.8 Å². The van der Waals surface area contributed by atoms with Gasteiger partial charge >= 0.3 is 11.9 Å². The van der Waals surface area contributed by atoms with E-state index in [0.29, 0.717) is 86.4 Å². The van der Waals surface area contributed by atoms with E-state index in [0.717, 1.165) is 181 Å². The topological polar surface area (TPSA) is 201 Å². The van der Waals surface area contributed by atoms with Crippen molar-refractivity contribution in [3.63, 3.8) is 0 Å². The number of aromatic hydroxyl groups is 2. The molecule has 552 valence electrons. The summed E-state index contributed by atoms with van der Waals surface area (Å²) in [5.41, 5.74) is 14.3. The third-order valence-electron chi connectivity index (χ3n) is 19.6. The van der Waals surface area contributed by atoms with E-state index in [1.807, 2.05) is 48.5 Å². The number of fused-ring (bicyclic) bond motifs is 8. The molecule has 14 nitrogen and oxygen atoms in total. The van der Waals surface area contributed by atoms with Gasteiger partial charge < -0.3 is 39.4 Å². The average molecular weight is 1410 g/mol. The summed E-state index contributed by atoms with van der Waals surface area (Å²) in [4.78, 5) is 22.3. The first-order chi connectivity index (χ1) is 49.5. The van der Waals surface area contributed by atoms with Crippen molar-refractivity contribution < 1.29 is 49.0 Å². The number of hydrogen-bond acceptors (Lipinski definition) is 12. The average Bonchev–Trinajstić information content (AvgIpc) is 0.766. The summed E-state index contributed by atoms with van der Waals surface area (Å²) in [6.45, 7) is 29.5. The van der Waals surface area contributed by atoms with Crippen molar-refractivity contribution in [2.75, 3.05) is 26.4 Å². The van der Waals surface area contributed by atoms with Gasteiger partial charge in [-0.05, 0) is 211 Å². The molecule has 0 saturated carbocycles. The van der Waals surface area contributed by atoms with Crippen LogP contribution in [0.2, 0.25) is 0 Å². The molecule has 0 aromatic heterocycles. The Balaban J connectivity index is 0.846. The van der Waals surface area contributed by atoms with E-state index < -0.39 is 11.9 Å². The fourth-order valence-corrected chi connectivity index (χ4v) is 13.1. The predicted octanol–water partition coefficient (Wildman–Crippen LogP) is 24.3. The van der Waals surface area contributed by atoms with E-state index in [2.05, 4.69) is 152 Å². The molecule has 14 heteroatoms. The summed E-state index contributed by atoms with van der Waals surface area (Å²) >= 11 is 0. The highest BCUT2D eigenvalue weighted by atomic mass is 16.5. The zero-order valence-corrected chi connectivity index (χ0v) is 63.9. The van der Waals surface area contributed by atoms with E-state index in [1.165, 1.54) is 35.4 Å². The molecular formula is C90H112N4O10. The molecule has 4 N–H and O–H groups in total. The molecule has 1 aliphatic carbocycles. The minimum absolute atomic E-state index is 0.207. The molecule has 1 aliphatic rings. The van der Waals surface area contributed by atoms with E-state index in [9.17, 15) is 19.8 Å². The van der Waals surface area contributed by atoms with Crippen LogP contribution in [0.5, 0.6) is 34.5 Å². The number of carbonyl (C=O) groups is 2. The van der Waals surface area contributed by atoms with Crippen molar-refractivity contribution in [1.29, 1.82) is 0 Å². The summed E-state index contributed by atoms with van der Waals surface area (Å²) < 4.78 is 26.4. The lowest BCUT2D eigenvalue weighted by Gasteiger charge is -2.28. The summed E-state index contributed by atoms with van der Waals surface area (Å²) in [6.07, 6.45) is 19.1. The number of phenolic OH excluding ortho intramolecular Hbond substituents is 2. The van der Waals surface area contributed by atoms with E-state index in [1.54, 1.807) is 24.3 Å². The summed E-state index contributed by atoms with van der Waals surface area (Å²) in [5.74, 6) is 1.91. The largest absolute Gasteiger partial charge is 0.507 e. The van der Waals surface area contributed by atoms with Crippen molar-refractivity contribution in [2.24, 2.45) is 20.5 Å². The van der Waals surface area contributed by atoms with Crippen LogP contribution in [0.3, 0.4) is 0 Å². The fourth-order valence-electron chi connectivity index (χ4n) is 13.1. The number of benzene rings is 8. The summed E-state index contributed by atoms with van der Waals surface area (Å²) in [5, 5.41) is 61.2. The van der Waals surface area contributed by atoms with E-state index in [4.69, 9.17) is 29.2 Å². The number of hydrogen-bond donors (Lipinski definition) is 4. The number of phenols is 2. The van der Waals surface area contributed by atoms with Crippen LogP contribution < -0.4 is 18.9 Å². The van der Waals surface area contributed by atoms with Gasteiger partial charge in [0, 0.05) is 25.7 Å². The van der Waals surface area contributed by atoms with Crippen LogP contribution in [0.25, 0.3) is 0 Å². The Bertz CT molecular complexity index is 3840. The van der Waals surface area contributed by atoms with Gasteiger partial charge in [-0.2, -0.15) is 20.5 Å². The summed E-state index contributed by atoms with van der Waals surface area (Å²) in [6, 6.07) is 45.7. The minimum atomic E-state index is -0.977. The SMILES string of the molecule is CC(C)(C)c1cc2c(O)c(c1)Cc1cc(C(C)(C)C)cc(c1OCCCCCCCCCCOc1ccc(N=Nc3ccc(C(=O)O)cc3)cc1)Cc1cc(C(C)(C)C)cc(c1O)Cc1cc(C(C)(C)C)cc(c1OCCCCCCCCCCOc1ccc(N=Nc3ccc(C(=O)O)cc3)cc1)C2. The molecule has 0 spiro atoms. The van der Waals surface area contributed by atoms with Crippen LogP contribution in [0, 0.1) is 0 Å². The van der Waals surface area contributed by atoms with Crippen molar-refractivity contribution in [2.45, 2.75) is 233 Å². The normalized spacial score (nSPS) is 12.8. The first-order valence-electron chi connectivity index (χ1n) is 37.8. The predicted molar refractivity (Wildman–Crippen MR) is 419 cm³/mol. The second kappa shape index (κ2) is 36.4. The fraction of sp³-hybridized carbons (Fsp3) is 0.444. The maximum absolute atomic E-state index is 12.9. The van der Waals surface area contributed by atoms with Crippen LogP contribution in [-0.2, 0) is 47.3 Å². The Labute approximate surface area is 618 Å². The quantitative estimate of drug-likeness (QED) is 0.0232. The third-order valence-corrected chi connectivity index (χ3v) is 19.6. The number of ether oxygens (including phenoxy) is 4. The highest BCUT2D eigenvalue weighted by molar-refractivity contribution is 5.88. The Morgan fingerprint density at radius 3 is 0.721 bits per heavy atom. The van der Waals surface area contributed by atoms with Gasteiger partial charge in [-0.25, -0.2) is 9.59 Å². The minimum Gasteiger partial charge on any atom is -0.507 e. The highest BCUT2D eigenvalue weighted by Gasteiger charge is 2.29. The first kappa shape index (κ1) is 78.8. The molecule has 0 fully saturated rings. The zero-order valence-electron chi connectivity index (χ0n) is 63.9. The molecule has 0 amide bonds.